The van der Waals surface area contributed by atoms with Gasteiger partial charge in [0.1, 0.15) is 5.60 Å². The van der Waals surface area contributed by atoms with E-state index in [0.29, 0.717) is 25.1 Å². The summed E-state index contributed by atoms with van der Waals surface area (Å²) in [6, 6.07) is 1.90. The fourth-order valence-electron chi connectivity index (χ4n) is 3.92. The average molecular weight is 429 g/mol. The van der Waals surface area contributed by atoms with Gasteiger partial charge in [-0.05, 0) is 64.2 Å². The van der Waals surface area contributed by atoms with Crippen LogP contribution < -0.4 is 0 Å². The van der Waals surface area contributed by atoms with Gasteiger partial charge in [-0.1, -0.05) is 0 Å². The third-order valence-electron chi connectivity index (χ3n) is 5.53. The van der Waals surface area contributed by atoms with Crippen LogP contribution in [0, 0.1) is 6.92 Å². The summed E-state index contributed by atoms with van der Waals surface area (Å²) in [6.45, 7) is 9.03. The molecule has 3 heterocycles. The number of nitrogens with zero attached hydrogens (tertiary/aromatic N) is 4. The van der Waals surface area contributed by atoms with Crippen LogP contribution in [0.15, 0.2) is 24.7 Å². The highest BCUT2D eigenvalue weighted by atomic mass is 16.6. The van der Waals surface area contributed by atoms with Gasteiger partial charge >= 0.3 is 12.1 Å². The Kier molecular flexibility index (Phi) is 6.97. The highest BCUT2D eigenvalue weighted by Gasteiger charge is 2.27. The molecule has 8 nitrogen and oxygen atoms in total. The monoisotopic (exact) mass is 428 g/mol. The van der Waals surface area contributed by atoms with E-state index in [2.05, 4.69) is 14.8 Å². The van der Waals surface area contributed by atoms with Crippen molar-refractivity contribution in [1.29, 1.82) is 0 Å². The molecule has 0 spiro atoms. The molecule has 0 radical (unpaired) electrons. The molecule has 168 valence electrons. The van der Waals surface area contributed by atoms with Gasteiger partial charge < -0.3 is 14.4 Å². The molecular formula is C23H32N4O4. The van der Waals surface area contributed by atoms with Crippen LogP contribution in [0.2, 0.25) is 0 Å². The third kappa shape index (κ3) is 5.62. The molecule has 31 heavy (non-hydrogen) atoms. The number of likely N-dealkylation sites (tertiary alicyclic amines) is 1. The number of hydrogen-bond donors (Lipinski definition) is 0. The summed E-state index contributed by atoms with van der Waals surface area (Å²) in [4.78, 5) is 30.5. The minimum Gasteiger partial charge on any atom is -0.465 e. The van der Waals surface area contributed by atoms with Crippen molar-refractivity contribution in [3.63, 3.8) is 0 Å². The van der Waals surface area contributed by atoms with Crippen LogP contribution in [0.25, 0.3) is 0 Å². The number of carbonyl (C=O) groups is 2. The van der Waals surface area contributed by atoms with Gasteiger partial charge in [0.05, 0.1) is 24.9 Å². The van der Waals surface area contributed by atoms with Gasteiger partial charge in [0.15, 0.2) is 0 Å². The summed E-state index contributed by atoms with van der Waals surface area (Å²) in [6.07, 6.45) is 8.12. The largest absolute Gasteiger partial charge is 0.465 e. The van der Waals surface area contributed by atoms with Crippen LogP contribution in [0.3, 0.4) is 0 Å². The highest BCUT2D eigenvalue weighted by molar-refractivity contribution is 5.90. The number of carbonyl (C=O) groups excluding carboxylic acids is 2. The van der Waals surface area contributed by atoms with Gasteiger partial charge in [-0.3, -0.25) is 9.67 Å². The first kappa shape index (κ1) is 22.8. The molecule has 1 aliphatic heterocycles. The van der Waals surface area contributed by atoms with Crippen LogP contribution in [0.1, 0.15) is 73.3 Å². The quantitative estimate of drug-likeness (QED) is 0.686. The standard InChI is InChI=1S/C23H32N4O4/c1-16-17(13-18-14-24-10-8-20(18)21(28)30-5)15-25-27(16)19-7-6-11-26(12-9-19)22(29)31-23(2,3)4/h8,10,14-15,19H,6-7,9,11-13H2,1-5H3. The maximum atomic E-state index is 12.4. The third-order valence-corrected chi connectivity index (χ3v) is 5.53. The smallest absolute Gasteiger partial charge is 0.410 e. The Balaban J connectivity index is 1.71. The Morgan fingerprint density at radius 3 is 2.65 bits per heavy atom. The fourth-order valence-corrected chi connectivity index (χ4v) is 3.92. The molecule has 0 N–H and O–H groups in total. The Bertz CT molecular complexity index is 932. The second-order valence-corrected chi connectivity index (χ2v) is 8.95. The van der Waals surface area contributed by atoms with Crippen molar-refractivity contribution in [2.24, 2.45) is 0 Å². The maximum Gasteiger partial charge on any atom is 0.410 e. The topological polar surface area (TPSA) is 86.5 Å². The van der Waals surface area contributed by atoms with E-state index in [-0.39, 0.29) is 18.1 Å². The molecule has 1 aliphatic rings. The van der Waals surface area contributed by atoms with E-state index in [1.807, 2.05) is 33.9 Å². The van der Waals surface area contributed by atoms with Gasteiger partial charge in [0.25, 0.3) is 0 Å². The van der Waals surface area contributed by atoms with Gasteiger partial charge in [-0.25, -0.2) is 9.59 Å². The second kappa shape index (κ2) is 9.49. The molecular weight excluding hydrogens is 396 g/mol. The highest BCUT2D eigenvalue weighted by Crippen LogP contribution is 2.27. The maximum absolute atomic E-state index is 12.4. The molecule has 1 unspecified atom stereocenters. The van der Waals surface area contributed by atoms with E-state index in [4.69, 9.17) is 9.47 Å². The molecule has 2 aromatic rings. The van der Waals surface area contributed by atoms with Crippen molar-refractivity contribution in [3.05, 3.63) is 47.0 Å². The number of esters is 1. The lowest BCUT2D eigenvalue weighted by molar-refractivity contribution is 0.0255. The number of amides is 1. The lowest BCUT2D eigenvalue weighted by Crippen LogP contribution is -2.37. The second-order valence-electron chi connectivity index (χ2n) is 8.95. The normalized spacial score (nSPS) is 17.2. The number of rotatable bonds is 4. The molecule has 0 bridgehead atoms. The Hall–Kier alpha value is -2.90. The van der Waals surface area contributed by atoms with Gasteiger partial charge in [0, 0.05) is 37.6 Å². The molecule has 2 aromatic heterocycles. The van der Waals surface area contributed by atoms with E-state index in [0.717, 1.165) is 36.1 Å². The average Bonchev–Trinajstić information content (AvgIpc) is 2.92. The first-order valence-electron chi connectivity index (χ1n) is 10.7. The van der Waals surface area contributed by atoms with E-state index in [9.17, 15) is 9.59 Å². The Labute approximate surface area is 183 Å². The molecule has 3 rings (SSSR count). The minimum atomic E-state index is -0.494. The molecule has 1 atom stereocenters. The number of pyridine rings is 1. The number of methoxy groups -OCH3 is 1. The fraction of sp³-hybridized carbons (Fsp3) is 0.565. The lowest BCUT2D eigenvalue weighted by Gasteiger charge is -2.26. The molecule has 0 aromatic carbocycles. The van der Waals surface area contributed by atoms with E-state index >= 15 is 0 Å². The van der Waals surface area contributed by atoms with Crippen LogP contribution in [0.5, 0.6) is 0 Å². The minimum absolute atomic E-state index is 0.218. The number of hydrogen-bond acceptors (Lipinski definition) is 6. The van der Waals surface area contributed by atoms with Crippen molar-refractivity contribution in [1.82, 2.24) is 19.7 Å². The van der Waals surface area contributed by atoms with Crippen molar-refractivity contribution < 1.29 is 19.1 Å². The van der Waals surface area contributed by atoms with Gasteiger partial charge in [-0.15, -0.1) is 0 Å². The first-order valence-corrected chi connectivity index (χ1v) is 10.7. The van der Waals surface area contributed by atoms with Crippen LogP contribution in [0.4, 0.5) is 4.79 Å². The lowest BCUT2D eigenvalue weighted by atomic mass is 10.0. The summed E-state index contributed by atoms with van der Waals surface area (Å²) < 4.78 is 12.5. The molecule has 8 heteroatoms. The van der Waals surface area contributed by atoms with Crippen LogP contribution in [-0.2, 0) is 15.9 Å². The molecule has 1 amide bonds. The van der Waals surface area contributed by atoms with E-state index in [1.54, 1.807) is 23.4 Å². The summed E-state index contributed by atoms with van der Waals surface area (Å²) in [5.74, 6) is -0.367. The molecule has 1 fully saturated rings. The zero-order valence-electron chi connectivity index (χ0n) is 19.1. The molecule has 0 aliphatic carbocycles. The zero-order chi connectivity index (χ0) is 22.6. The van der Waals surface area contributed by atoms with Gasteiger partial charge in [0.2, 0.25) is 0 Å². The summed E-state index contributed by atoms with van der Waals surface area (Å²) in [7, 11) is 1.38. The SMILES string of the molecule is COC(=O)c1ccncc1Cc1cnn(C2CCCN(C(=O)OC(C)(C)C)CC2)c1C. The number of ether oxygens (including phenoxy) is 2. The predicted molar refractivity (Wildman–Crippen MR) is 116 cm³/mol. The molecule has 0 saturated carbocycles. The van der Waals surface area contributed by atoms with E-state index in [1.165, 1.54) is 7.11 Å². The molecule has 1 saturated heterocycles. The van der Waals surface area contributed by atoms with Gasteiger partial charge in [-0.2, -0.15) is 5.10 Å². The van der Waals surface area contributed by atoms with E-state index < -0.39 is 5.60 Å². The summed E-state index contributed by atoms with van der Waals surface area (Å²) in [5.41, 5.74) is 2.95. The summed E-state index contributed by atoms with van der Waals surface area (Å²) in [5, 5.41) is 4.65. The van der Waals surface area contributed by atoms with Crippen LogP contribution in [-0.4, -0.2) is 57.5 Å². The Morgan fingerprint density at radius 2 is 1.94 bits per heavy atom. The van der Waals surface area contributed by atoms with Crippen molar-refractivity contribution in [2.45, 2.75) is 65.0 Å². The number of aromatic nitrogens is 3. The van der Waals surface area contributed by atoms with Crippen molar-refractivity contribution in [2.75, 3.05) is 20.2 Å². The van der Waals surface area contributed by atoms with Crippen molar-refractivity contribution >= 4 is 12.1 Å². The zero-order valence-corrected chi connectivity index (χ0v) is 19.1. The first-order chi connectivity index (χ1) is 14.7. The van der Waals surface area contributed by atoms with Crippen LogP contribution >= 0.6 is 0 Å². The predicted octanol–water partition coefficient (Wildman–Crippen LogP) is 3.93. The van der Waals surface area contributed by atoms with Crippen molar-refractivity contribution in [3.8, 4) is 0 Å². The summed E-state index contributed by atoms with van der Waals surface area (Å²) >= 11 is 0. The Morgan fingerprint density at radius 1 is 1.16 bits per heavy atom.